The highest BCUT2D eigenvalue weighted by molar-refractivity contribution is 7.89. The lowest BCUT2D eigenvalue weighted by Gasteiger charge is -2.34. The lowest BCUT2D eigenvalue weighted by Crippen LogP contribution is -2.45. The molecule has 1 aromatic heterocycles. The number of amides is 1. The van der Waals surface area contributed by atoms with Crippen molar-refractivity contribution in [3.8, 4) is 5.75 Å². The molecule has 4 rings (SSSR count). The number of anilines is 1. The van der Waals surface area contributed by atoms with Crippen LogP contribution in [0.5, 0.6) is 5.75 Å². The van der Waals surface area contributed by atoms with Gasteiger partial charge >= 0.3 is 0 Å². The summed E-state index contributed by atoms with van der Waals surface area (Å²) < 4.78 is 34.1. The Bertz CT molecular complexity index is 1190. The number of rotatable bonds is 6. The average molecular weight is 460 g/mol. The van der Waals surface area contributed by atoms with Crippen molar-refractivity contribution in [1.29, 1.82) is 0 Å². The number of carbonyl (C=O) groups excluding carboxylic acids is 1. The van der Waals surface area contributed by atoms with Crippen LogP contribution in [0.15, 0.2) is 47.4 Å². The number of aromatic nitrogens is 1. The van der Waals surface area contributed by atoms with Gasteiger partial charge in [-0.1, -0.05) is 23.8 Å². The molecule has 164 valence electrons. The SMILES string of the molecule is COc1ccc(S(=O)(=O)N2CCCCC2CC(=O)Nc2nc3ccc(C)cc3s2)cc1. The second-order valence-corrected chi connectivity index (χ2v) is 10.6. The van der Waals surface area contributed by atoms with Crippen molar-refractivity contribution in [3.63, 3.8) is 0 Å². The van der Waals surface area contributed by atoms with Crippen LogP contribution in [-0.4, -0.2) is 43.3 Å². The first-order chi connectivity index (χ1) is 14.9. The van der Waals surface area contributed by atoms with Gasteiger partial charge in [0.2, 0.25) is 15.9 Å². The number of piperidine rings is 1. The van der Waals surface area contributed by atoms with Crippen LogP contribution in [0.1, 0.15) is 31.2 Å². The Kier molecular flexibility index (Phi) is 6.27. The zero-order chi connectivity index (χ0) is 22.0. The maximum Gasteiger partial charge on any atom is 0.243 e. The minimum atomic E-state index is -3.70. The Morgan fingerprint density at radius 3 is 2.74 bits per heavy atom. The van der Waals surface area contributed by atoms with Gasteiger partial charge in [-0.25, -0.2) is 13.4 Å². The van der Waals surface area contributed by atoms with Gasteiger partial charge in [0.1, 0.15) is 5.75 Å². The van der Waals surface area contributed by atoms with Crippen molar-refractivity contribution in [2.45, 2.75) is 43.5 Å². The quantitative estimate of drug-likeness (QED) is 0.597. The molecule has 31 heavy (non-hydrogen) atoms. The van der Waals surface area contributed by atoms with E-state index in [1.165, 1.54) is 22.8 Å². The summed E-state index contributed by atoms with van der Waals surface area (Å²) in [6, 6.07) is 11.9. The minimum Gasteiger partial charge on any atom is -0.497 e. The van der Waals surface area contributed by atoms with Gasteiger partial charge in [-0.2, -0.15) is 4.31 Å². The zero-order valence-corrected chi connectivity index (χ0v) is 19.1. The molecule has 1 unspecified atom stereocenters. The molecule has 2 heterocycles. The van der Waals surface area contributed by atoms with Crippen molar-refractivity contribution in [3.05, 3.63) is 48.0 Å². The van der Waals surface area contributed by atoms with E-state index in [1.807, 2.05) is 25.1 Å². The molecule has 1 saturated heterocycles. The number of hydrogen-bond acceptors (Lipinski definition) is 6. The van der Waals surface area contributed by atoms with Gasteiger partial charge in [0.15, 0.2) is 5.13 Å². The van der Waals surface area contributed by atoms with Crippen LogP contribution in [0.4, 0.5) is 5.13 Å². The molecule has 0 saturated carbocycles. The lowest BCUT2D eigenvalue weighted by molar-refractivity contribution is -0.117. The van der Waals surface area contributed by atoms with E-state index < -0.39 is 10.0 Å². The highest BCUT2D eigenvalue weighted by Crippen LogP contribution is 2.30. The number of thiazole rings is 1. The molecule has 1 aliphatic rings. The van der Waals surface area contributed by atoms with Gasteiger partial charge < -0.3 is 10.1 Å². The van der Waals surface area contributed by atoms with Crippen LogP contribution in [0.3, 0.4) is 0 Å². The Morgan fingerprint density at radius 1 is 1.23 bits per heavy atom. The third-order valence-electron chi connectivity index (χ3n) is 5.45. The molecular formula is C22H25N3O4S2. The molecule has 0 radical (unpaired) electrons. The Hall–Kier alpha value is -2.49. The van der Waals surface area contributed by atoms with Crippen LogP contribution in [-0.2, 0) is 14.8 Å². The van der Waals surface area contributed by atoms with Gasteiger partial charge in [0, 0.05) is 19.0 Å². The summed E-state index contributed by atoms with van der Waals surface area (Å²) in [6.45, 7) is 2.42. The van der Waals surface area contributed by atoms with Crippen molar-refractivity contribution in [2.24, 2.45) is 0 Å². The zero-order valence-electron chi connectivity index (χ0n) is 17.5. The number of nitrogens with one attached hydrogen (secondary N) is 1. The monoisotopic (exact) mass is 459 g/mol. The van der Waals surface area contributed by atoms with E-state index in [2.05, 4.69) is 10.3 Å². The fourth-order valence-electron chi connectivity index (χ4n) is 3.85. The number of hydrogen-bond donors (Lipinski definition) is 1. The molecule has 7 nitrogen and oxygen atoms in total. The molecule has 1 atom stereocenters. The van der Waals surface area contributed by atoms with E-state index in [0.29, 0.717) is 23.8 Å². The van der Waals surface area contributed by atoms with E-state index in [9.17, 15) is 13.2 Å². The first kappa shape index (κ1) is 21.7. The summed E-state index contributed by atoms with van der Waals surface area (Å²) in [6.07, 6.45) is 2.43. The van der Waals surface area contributed by atoms with Gasteiger partial charge in [-0.05, 0) is 61.7 Å². The van der Waals surface area contributed by atoms with E-state index in [1.54, 1.807) is 24.3 Å². The summed E-state index contributed by atoms with van der Waals surface area (Å²) >= 11 is 1.42. The maximum atomic E-state index is 13.2. The summed E-state index contributed by atoms with van der Waals surface area (Å²) in [7, 11) is -2.16. The molecule has 0 aliphatic carbocycles. The number of carbonyl (C=O) groups is 1. The van der Waals surface area contributed by atoms with Gasteiger partial charge in [0.05, 0.1) is 22.2 Å². The maximum absolute atomic E-state index is 13.2. The summed E-state index contributed by atoms with van der Waals surface area (Å²) in [5, 5.41) is 3.39. The predicted octanol–water partition coefficient (Wildman–Crippen LogP) is 4.19. The Morgan fingerprint density at radius 2 is 2.00 bits per heavy atom. The molecule has 9 heteroatoms. The summed E-state index contributed by atoms with van der Waals surface area (Å²) in [4.78, 5) is 17.4. The molecule has 1 fully saturated rings. The molecular weight excluding hydrogens is 434 g/mol. The number of fused-ring (bicyclic) bond motifs is 1. The normalized spacial score (nSPS) is 17.5. The smallest absolute Gasteiger partial charge is 0.243 e. The van der Waals surface area contributed by atoms with Crippen LogP contribution in [0.2, 0.25) is 0 Å². The van der Waals surface area contributed by atoms with E-state index in [4.69, 9.17) is 4.74 Å². The second kappa shape index (κ2) is 8.94. The average Bonchev–Trinajstić information content (AvgIpc) is 3.15. The van der Waals surface area contributed by atoms with Crippen LogP contribution < -0.4 is 10.1 Å². The first-order valence-corrected chi connectivity index (χ1v) is 12.5. The predicted molar refractivity (Wildman–Crippen MR) is 122 cm³/mol. The Labute approximate surface area is 186 Å². The topological polar surface area (TPSA) is 88.6 Å². The van der Waals surface area contributed by atoms with Gasteiger partial charge in [-0.3, -0.25) is 4.79 Å². The van der Waals surface area contributed by atoms with Gasteiger partial charge in [0.25, 0.3) is 0 Å². The fraction of sp³-hybridized carbons (Fsp3) is 0.364. The highest BCUT2D eigenvalue weighted by atomic mass is 32.2. The lowest BCUT2D eigenvalue weighted by atomic mass is 10.0. The van der Waals surface area contributed by atoms with Crippen molar-refractivity contribution >= 4 is 42.6 Å². The van der Waals surface area contributed by atoms with Gasteiger partial charge in [-0.15, -0.1) is 0 Å². The minimum absolute atomic E-state index is 0.102. The Balaban J connectivity index is 1.49. The highest BCUT2D eigenvalue weighted by Gasteiger charge is 2.34. The van der Waals surface area contributed by atoms with E-state index >= 15 is 0 Å². The van der Waals surface area contributed by atoms with Crippen LogP contribution in [0, 0.1) is 6.92 Å². The van der Waals surface area contributed by atoms with Crippen molar-refractivity contribution in [1.82, 2.24) is 9.29 Å². The fourth-order valence-corrected chi connectivity index (χ4v) is 6.52. The molecule has 1 amide bonds. The largest absolute Gasteiger partial charge is 0.497 e. The first-order valence-electron chi connectivity index (χ1n) is 10.2. The summed E-state index contributed by atoms with van der Waals surface area (Å²) in [5.74, 6) is 0.372. The number of aryl methyl sites for hydroxylation is 1. The van der Waals surface area contributed by atoms with Crippen LogP contribution in [0.25, 0.3) is 10.2 Å². The standard InChI is InChI=1S/C22H25N3O4S2/c1-15-6-11-19-20(13-15)30-22(23-19)24-21(26)14-16-5-3-4-12-25(16)31(27,28)18-9-7-17(29-2)8-10-18/h6-11,13,16H,3-5,12,14H2,1-2H3,(H,23,24,26). The van der Waals surface area contributed by atoms with E-state index in [-0.39, 0.29) is 23.3 Å². The van der Waals surface area contributed by atoms with Crippen LogP contribution >= 0.6 is 11.3 Å². The van der Waals surface area contributed by atoms with Crippen molar-refractivity contribution in [2.75, 3.05) is 19.0 Å². The molecule has 3 aromatic rings. The molecule has 0 spiro atoms. The van der Waals surface area contributed by atoms with E-state index in [0.717, 1.165) is 28.6 Å². The number of sulfonamides is 1. The third kappa shape index (κ3) is 4.73. The number of benzene rings is 2. The molecule has 1 aliphatic heterocycles. The third-order valence-corrected chi connectivity index (χ3v) is 8.35. The second-order valence-electron chi connectivity index (χ2n) is 7.68. The number of ether oxygens (including phenoxy) is 1. The molecule has 0 bridgehead atoms. The number of methoxy groups -OCH3 is 1. The molecule has 1 N–H and O–H groups in total. The van der Waals surface area contributed by atoms with Crippen molar-refractivity contribution < 1.29 is 17.9 Å². The number of nitrogens with zero attached hydrogens (tertiary/aromatic N) is 2. The summed E-state index contributed by atoms with van der Waals surface area (Å²) in [5.41, 5.74) is 1.97. The molecule has 2 aromatic carbocycles.